The van der Waals surface area contributed by atoms with E-state index in [9.17, 15) is 5.11 Å². The van der Waals surface area contributed by atoms with E-state index in [1.54, 1.807) is 12.1 Å². The molecule has 3 nitrogen and oxygen atoms in total. The molecule has 0 radical (unpaired) electrons. The summed E-state index contributed by atoms with van der Waals surface area (Å²) in [6.07, 6.45) is 1.55. The van der Waals surface area contributed by atoms with Gasteiger partial charge >= 0.3 is 0 Å². The van der Waals surface area contributed by atoms with Gasteiger partial charge in [0.25, 0.3) is 0 Å². The molecule has 0 spiro atoms. The first-order valence-electron chi connectivity index (χ1n) is 6.69. The van der Waals surface area contributed by atoms with Crippen LogP contribution >= 0.6 is 0 Å². The van der Waals surface area contributed by atoms with E-state index < -0.39 is 0 Å². The van der Waals surface area contributed by atoms with E-state index in [1.165, 1.54) is 0 Å². The number of aryl methyl sites for hydroxylation is 1. The van der Waals surface area contributed by atoms with E-state index in [1.807, 2.05) is 30.3 Å². The van der Waals surface area contributed by atoms with Crippen molar-refractivity contribution < 1.29 is 14.6 Å². The zero-order valence-corrected chi connectivity index (χ0v) is 11.0. The Morgan fingerprint density at radius 3 is 2.70 bits per heavy atom. The van der Waals surface area contributed by atoms with Gasteiger partial charge in [0.2, 0.25) is 0 Å². The summed E-state index contributed by atoms with van der Waals surface area (Å²) < 4.78 is 5.83. The molecule has 3 heteroatoms. The Morgan fingerprint density at radius 1 is 1.00 bits per heavy atom. The molecule has 0 saturated carbocycles. The van der Waals surface area contributed by atoms with Crippen molar-refractivity contribution in [1.29, 1.82) is 0 Å². The highest BCUT2D eigenvalue weighted by atomic mass is 16.3. The average Bonchev–Trinajstić information content (AvgIpc) is 2.88. The van der Waals surface area contributed by atoms with Crippen LogP contribution in [-0.4, -0.2) is 16.8 Å². The zero-order valence-electron chi connectivity index (χ0n) is 11.0. The first-order chi connectivity index (χ1) is 9.78. The molecule has 0 saturated heterocycles. The fourth-order valence-corrected chi connectivity index (χ4v) is 2.40. The molecule has 0 bridgehead atoms. The van der Waals surface area contributed by atoms with Crippen LogP contribution in [0.5, 0.6) is 5.75 Å². The topological polar surface area (TPSA) is 53.6 Å². The molecule has 0 aliphatic heterocycles. The van der Waals surface area contributed by atoms with Gasteiger partial charge in [0.05, 0.1) is 0 Å². The normalized spacial score (nSPS) is 11.1. The minimum Gasteiger partial charge on any atom is -0.508 e. The number of aliphatic hydroxyl groups is 1. The van der Waals surface area contributed by atoms with Crippen LogP contribution < -0.4 is 0 Å². The Hall–Kier alpha value is -2.26. The number of fused-ring (bicyclic) bond motifs is 1. The van der Waals surface area contributed by atoms with Crippen molar-refractivity contribution in [1.82, 2.24) is 0 Å². The highest BCUT2D eigenvalue weighted by Gasteiger charge is 2.10. The molecule has 0 unspecified atom stereocenters. The second-order valence-corrected chi connectivity index (χ2v) is 4.82. The number of aliphatic hydroxyl groups excluding tert-OH is 1. The van der Waals surface area contributed by atoms with Gasteiger partial charge in [0.1, 0.15) is 17.1 Å². The molecular formula is C17H16O3. The molecule has 2 aromatic carbocycles. The maximum absolute atomic E-state index is 9.49. The largest absolute Gasteiger partial charge is 0.508 e. The number of phenols is 1. The van der Waals surface area contributed by atoms with Gasteiger partial charge in [-0.05, 0) is 36.6 Å². The molecule has 20 heavy (non-hydrogen) atoms. The molecule has 1 aromatic heterocycles. The quantitative estimate of drug-likeness (QED) is 0.758. The number of aromatic hydroxyl groups is 1. The van der Waals surface area contributed by atoms with E-state index in [-0.39, 0.29) is 12.4 Å². The maximum Gasteiger partial charge on any atom is 0.138 e. The Balaban J connectivity index is 2.06. The van der Waals surface area contributed by atoms with Gasteiger partial charge in [-0.25, -0.2) is 0 Å². The highest BCUT2D eigenvalue weighted by molar-refractivity contribution is 5.84. The number of hydrogen-bond acceptors (Lipinski definition) is 3. The molecule has 0 aliphatic carbocycles. The molecule has 3 aromatic rings. The van der Waals surface area contributed by atoms with E-state index in [2.05, 4.69) is 6.07 Å². The standard InChI is InChI=1S/C17H16O3/c18-9-3-5-12-4-1-2-6-15(12)17-10-13-7-8-14(19)11-16(13)20-17/h1-2,4,6-8,10-11,18-19H,3,5,9H2. The Bertz CT molecular complexity index is 728. The van der Waals surface area contributed by atoms with Crippen molar-refractivity contribution in [2.45, 2.75) is 12.8 Å². The second kappa shape index (κ2) is 5.39. The predicted octanol–water partition coefficient (Wildman–Crippen LogP) is 3.73. The molecule has 0 aliphatic rings. The number of benzene rings is 2. The summed E-state index contributed by atoms with van der Waals surface area (Å²) in [6, 6.07) is 15.1. The van der Waals surface area contributed by atoms with E-state index >= 15 is 0 Å². The number of phenolic OH excluding ortho intramolecular Hbond substituents is 1. The zero-order chi connectivity index (χ0) is 13.9. The molecule has 0 fully saturated rings. The lowest BCUT2D eigenvalue weighted by Gasteiger charge is -2.05. The van der Waals surface area contributed by atoms with Crippen LogP contribution in [0.25, 0.3) is 22.3 Å². The second-order valence-electron chi connectivity index (χ2n) is 4.82. The summed E-state index contributed by atoms with van der Waals surface area (Å²) in [5, 5.41) is 19.4. The molecule has 0 amide bonds. The van der Waals surface area contributed by atoms with Crippen molar-refractivity contribution in [3.8, 4) is 17.1 Å². The smallest absolute Gasteiger partial charge is 0.138 e. The van der Waals surface area contributed by atoms with Crippen LogP contribution in [0.15, 0.2) is 52.9 Å². The van der Waals surface area contributed by atoms with Crippen molar-refractivity contribution in [3.63, 3.8) is 0 Å². The van der Waals surface area contributed by atoms with Gasteiger partial charge in [-0.15, -0.1) is 0 Å². The average molecular weight is 268 g/mol. The lowest BCUT2D eigenvalue weighted by molar-refractivity contribution is 0.288. The van der Waals surface area contributed by atoms with Crippen LogP contribution in [0.3, 0.4) is 0 Å². The summed E-state index contributed by atoms with van der Waals surface area (Å²) in [5.41, 5.74) is 2.87. The SMILES string of the molecule is OCCCc1ccccc1-c1cc2ccc(O)cc2o1. The number of hydrogen-bond donors (Lipinski definition) is 2. The van der Waals surface area contributed by atoms with Crippen molar-refractivity contribution in [2.75, 3.05) is 6.61 Å². The summed E-state index contributed by atoms with van der Waals surface area (Å²) in [5.74, 6) is 0.992. The van der Waals surface area contributed by atoms with Crippen LogP contribution in [0.4, 0.5) is 0 Å². The number of furan rings is 1. The van der Waals surface area contributed by atoms with Gasteiger partial charge in [0, 0.05) is 23.6 Å². The third-order valence-corrected chi connectivity index (χ3v) is 3.39. The Kier molecular flexibility index (Phi) is 3.44. The summed E-state index contributed by atoms with van der Waals surface area (Å²) >= 11 is 0. The minimum atomic E-state index is 0.183. The summed E-state index contributed by atoms with van der Waals surface area (Å²) in [6.45, 7) is 0.183. The monoisotopic (exact) mass is 268 g/mol. The first kappa shape index (κ1) is 12.8. The fraction of sp³-hybridized carbons (Fsp3) is 0.176. The van der Waals surface area contributed by atoms with E-state index in [0.29, 0.717) is 5.58 Å². The summed E-state index contributed by atoms with van der Waals surface area (Å²) in [7, 11) is 0. The Labute approximate surface area is 117 Å². The molecule has 102 valence electrons. The maximum atomic E-state index is 9.49. The van der Waals surface area contributed by atoms with E-state index in [4.69, 9.17) is 9.52 Å². The minimum absolute atomic E-state index is 0.183. The lowest BCUT2D eigenvalue weighted by Crippen LogP contribution is -1.92. The summed E-state index contributed by atoms with van der Waals surface area (Å²) in [4.78, 5) is 0. The first-order valence-corrected chi connectivity index (χ1v) is 6.69. The van der Waals surface area contributed by atoms with E-state index in [0.717, 1.165) is 35.1 Å². The molecule has 0 atom stereocenters. The van der Waals surface area contributed by atoms with Crippen molar-refractivity contribution >= 4 is 11.0 Å². The van der Waals surface area contributed by atoms with Gasteiger partial charge in [-0.1, -0.05) is 24.3 Å². The van der Waals surface area contributed by atoms with Gasteiger partial charge in [-0.3, -0.25) is 0 Å². The molecule has 3 rings (SSSR count). The lowest BCUT2D eigenvalue weighted by atomic mass is 10.0. The van der Waals surface area contributed by atoms with Crippen LogP contribution in [0, 0.1) is 0 Å². The molecule has 1 heterocycles. The highest BCUT2D eigenvalue weighted by Crippen LogP contribution is 2.32. The van der Waals surface area contributed by atoms with Crippen molar-refractivity contribution in [2.24, 2.45) is 0 Å². The third-order valence-electron chi connectivity index (χ3n) is 3.39. The van der Waals surface area contributed by atoms with Crippen LogP contribution in [0.1, 0.15) is 12.0 Å². The third kappa shape index (κ3) is 2.40. The van der Waals surface area contributed by atoms with Crippen LogP contribution in [-0.2, 0) is 6.42 Å². The Morgan fingerprint density at radius 2 is 1.85 bits per heavy atom. The van der Waals surface area contributed by atoms with Crippen molar-refractivity contribution in [3.05, 3.63) is 54.1 Å². The molecular weight excluding hydrogens is 252 g/mol. The van der Waals surface area contributed by atoms with Gasteiger partial charge < -0.3 is 14.6 Å². The van der Waals surface area contributed by atoms with Gasteiger partial charge in [0.15, 0.2) is 0 Å². The molecule has 2 N–H and O–H groups in total. The predicted molar refractivity (Wildman–Crippen MR) is 78.7 cm³/mol. The fourth-order valence-electron chi connectivity index (χ4n) is 2.40. The van der Waals surface area contributed by atoms with Gasteiger partial charge in [-0.2, -0.15) is 0 Å². The number of rotatable bonds is 4. The van der Waals surface area contributed by atoms with Crippen LogP contribution in [0.2, 0.25) is 0 Å².